The molecule has 0 spiro atoms. The van der Waals surface area contributed by atoms with Crippen LogP contribution in [-0.4, -0.2) is 40.2 Å². The van der Waals surface area contributed by atoms with Gasteiger partial charge in [0, 0.05) is 25.2 Å². The lowest BCUT2D eigenvalue weighted by atomic mass is 10.1. The number of nitrogens with one attached hydrogen (secondary N) is 1. The van der Waals surface area contributed by atoms with Gasteiger partial charge in [-0.3, -0.25) is 19.5 Å². The van der Waals surface area contributed by atoms with Gasteiger partial charge < -0.3 is 5.32 Å². The Bertz CT molecular complexity index is 657. The van der Waals surface area contributed by atoms with Gasteiger partial charge in [-0.05, 0) is 31.9 Å². The van der Waals surface area contributed by atoms with E-state index in [0.29, 0.717) is 0 Å². The van der Waals surface area contributed by atoms with Crippen LogP contribution in [0.25, 0.3) is 0 Å². The first kappa shape index (κ1) is 15.1. The van der Waals surface area contributed by atoms with Crippen LogP contribution < -0.4 is 5.32 Å². The first-order valence-electron chi connectivity index (χ1n) is 7.44. The van der Waals surface area contributed by atoms with E-state index >= 15 is 0 Å². The molecule has 2 heterocycles. The second-order valence-electron chi connectivity index (χ2n) is 5.68. The van der Waals surface area contributed by atoms with Gasteiger partial charge in [0.05, 0.1) is 0 Å². The van der Waals surface area contributed by atoms with Gasteiger partial charge in [-0.25, -0.2) is 0 Å². The predicted octanol–water partition coefficient (Wildman–Crippen LogP) is 2.34. The first-order valence-corrected chi connectivity index (χ1v) is 8.32. The van der Waals surface area contributed by atoms with Crippen LogP contribution in [-0.2, 0) is 9.59 Å². The maximum atomic E-state index is 12.3. The molecule has 1 aromatic rings. The molecule has 1 N–H and O–H groups in total. The zero-order chi connectivity index (χ0) is 15.7. The standard InChI is InChI=1S/C16H19N3O2S/c1-10-4-5-12(11(2)8-10)18-14(20)9-13-15(21)19-7-3-6-17-16(19)22-13/h4-5,8,13H,3,6-7,9H2,1-2H3,(H,18,20)/t13-/m0/s1. The molecule has 5 nitrogen and oxygen atoms in total. The van der Waals surface area contributed by atoms with Gasteiger partial charge in [-0.15, -0.1) is 0 Å². The summed E-state index contributed by atoms with van der Waals surface area (Å²) in [7, 11) is 0. The van der Waals surface area contributed by atoms with Crippen LogP contribution in [0.2, 0.25) is 0 Å². The molecule has 1 atom stereocenters. The number of amides is 2. The largest absolute Gasteiger partial charge is 0.326 e. The number of hydrogen-bond donors (Lipinski definition) is 1. The van der Waals surface area contributed by atoms with Gasteiger partial charge in [0.15, 0.2) is 5.17 Å². The molecule has 2 aliphatic rings. The van der Waals surface area contributed by atoms with Crippen molar-refractivity contribution >= 4 is 34.4 Å². The van der Waals surface area contributed by atoms with Crippen molar-refractivity contribution in [1.82, 2.24) is 4.90 Å². The third kappa shape index (κ3) is 3.02. The van der Waals surface area contributed by atoms with Gasteiger partial charge in [0.1, 0.15) is 5.25 Å². The van der Waals surface area contributed by atoms with Crippen LogP contribution in [0, 0.1) is 13.8 Å². The fourth-order valence-electron chi connectivity index (χ4n) is 2.69. The SMILES string of the molecule is Cc1ccc(NC(=O)C[C@@H]2SC3=NCCCN3C2=O)c(C)c1. The monoisotopic (exact) mass is 317 g/mol. The maximum absolute atomic E-state index is 12.3. The molecule has 116 valence electrons. The van der Waals surface area contributed by atoms with Crippen molar-refractivity contribution in [2.75, 3.05) is 18.4 Å². The molecule has 3 rings (SSSR count). The Morgan fingerprint density at radius 1 is 1.45 bits per heavy atom. The first-order chi connectivity index (χ1) is 10.5. The highest BCUT2D eigenvalue weighted by Crippen LogP contribution is 2.31. The number of aliphatic imine (C=N–C) groups is 1. The van der Waals surface area contributed by atoms with E-state index in [0.717, 1.165) is 41.5 Å². The number of nitrogens with zero attached hydrogens (tertiary/aromatic N) is 2. The molecule has 1 fully saturated rings. The number of anilines is 1. The van der Waals surface area contributed by atoms with Gasteiger partial charge in [0.2, 0.25) is 11.8 Å². The highest BCUT2D eigenvalue weighted by atomic mass is 32.2. The fraction of sp³-hybridized carbons (Fsp3) is 0.438. The number of hydrogen-bond acceptors (Lipinski definition) is 4. The van der Waals surface area contributed by atoms with Crippen molar-refractivity contribution in [1.29, 1.82) is 0 Å². The van der Waals surface area contributed by atoms with E-state index < -0.39 is 0 Å². The molecule has 0 aliphatic carbocycles. The van der Waals surface area contributed by atoms with Crippen LogP contribution in [0.1, 0.15) is 24.0 Å². The highest BCUT2D eigenvalue weighted by Gasteiger charge is 2.39. The van der Waals surface area contributed by atoms with Crippen molar-refractivity contribution < 1.29 is 9.59 Å². The summed E-state index contributed by atoms with van der Waals surface area (Å²) >= 11 is 1.41. The van der Waals surface area contributed by atoms with Crippen LogP contribution in [0.4, 0.5) is 5.69 Å². The van der Waals surface area contributed by atoms with Gasteiger partial charge in [-0.1, -0.05) is 29.5 Å². The van der Waals surface area contributed by atoms with E-state index in [-0.39, 0.29) is 23.5 Å². The number of fused-ring (bicyclic) bond motifs is 1. The predicted molar refractivity (Wildman–Crippen MR) is 89.2 cm³/mol. The van der Waals surface area contributed by atoms with Gasteiger partial charge in [0.25, 0.3) is 0 Å². The van der Waals surface area contributed by atoms with Crippen molar-refractivity contribution in [2.45, 2.75) is 31.9 Å². The molecular weight excluding hydrogens is 298 g/mol. The Hall–Kier alpha value is -1.82. The normalized spacial score (nSPS) is 20.6. The molecule has 0 radical (unpaired) electrons. The molecule has 2 aliphatic heterocycles. The number of rotatable bonds is 3. The molecule has 1 aromatic carbocycles. The van der Waals surface area contributed by atoms with Crippen molar-refractivity contribution in [2.24, 2.45) is 4.99 Å². The Morgan fingerprint density at radius 2 is 2.27 bits per heavy atom. The van der Waals surface area contributed by atoms with Gasteiger partial charge in [-0.2, -0.15) is 0 Å². The molecular formula is C16H19N3O2S. The zero-order valence-electron chi connectivity index (χ0n) is 12.8. The Labute approximate surface area is 134 Å². The number of carbonyl (C=O) groups is 2. The quantitative estimate of drug-likeness (QED) is 0.931. The summed E-state index contributed by atoms with van der Waals surface area (Å²) in [5, 5.41) is 3.34. The average Bonchev–Trinajstić information content (AvgIpc) is 2.79. The number of aryl methyl sites for hydroxylation is 2. The van der Waals surface area contributed by atoms with Crippen LogP contribution in [0.5, 0.6) is 0 Å². The molecule has 1 saturated heterocycles. The maximum Gasteiger partial charge on any atom is 0.242 e. The molecule has 0 aromatic heterocycles. The number of carbonyl (C=O) groups excluding carboxylic acids is 2. The van der Waals surface area contributed by atoms with Crippen molar-refractivity contribution in [3.8, 4) is 0 Å². The van der Waals surface area contributed by atoms with Crippen LogP contribution in [0.3, 0.4) is 0 Å². The minimum atomic E-state index is -0.345. The van der Waals surface area contributed by atoms with Crippen LogP contribution >= 0.6 is 11.8 Å². The second kappa shape index (κ2) is 6.12. The lowest BCUT2D eigenvalue weighted by Crippen LogP contribution is -2.36. The second-order valence-corrected chi connectivity index (χ2v) is 6.85. The molecule has 0 saturated carbocycles. The fourth-order valence-corrected chi connectivity index (χ4v) is 3.89. The highest BCUT2D eigenvalue weighted by molar-refractivity contribution is 8.15. The Balaban J connectivity index is 1.64. The van der Waals surface area contributed by atoms with E-state index in [1.807, 2.05) is 32.0 Å². The summed E-state index contributed by atoms with van der Waals surface area (Å²) in [6.45, 7) is 5.48. The molecule has 0 unspecified atom stereocenters. The average molecular weight is 317 g/mol. The zero-order valence-corrected chi connectivity index (χ0v) is 13.6. The molecule has 0 bridgehead atoms. The third-order valence-corrected chi connectivity index (χ3v) is 5.05. The van der Waals surface area contributed by atoms with Crippen molar-refractivity contribution in [3.05, 3.63) is 29.3 Å². The summed E-state index contributed by atoms with van der Waals surface area (Å²) in [6, 6.07) is 5.90. The summed E-state index contributed by atoms with van der Waals surface area (Å²) in [5.74, 6) is -0.113. The summed E-state index contributed by atoms with van der Waals surface area (Å²) in [4.78, 5) is 30.6. The van der Waals surface area contributed by atoms with E-state index in [4.69, 9.17) is 0 Å². The lowest BCUT2D eigenvalue weighted by molar-refractivity contribution is -0.128. The van der Waals surface area contributed by atoms with E-state index in [9.17, 15) is 9.59 Å². The molecule has 6 heteroatoms. The number of thioether (sulfide) groups is 1. The van der Waals surface area contributed by atoms with Gasteiger partial charge >= 0.3 is 0 Å². The summed E-state index contributed by atoms with van der Waals surface area (Å²) in [5.41, 5.74) is 2.99. The molecule has 22 heavy (non-hydrogen) atoms. The van der Waals surface area contributed by atoms with E-state index in [1.165, 1.54) is 11.8 Å². The minimum absolute atomic E-state index is 0.0132. The number of amidine groups is 1. The minimum Gasteiger partial charge on any atom is -0.326 e. The van der Waals surface area contributed by atoms with E-state index in [1.54, 1.807) is 4.90 Å². The van der Waals surface area contributed by atoms with Crippen molar-refractivity contribution in [3.63, 3.8) is 0 Å². The molecule has 2 amide bonds. The topological polar surface area (TPSA) is 61.8 Å². The summed E-state index contributed by atoms with van der Waals surface area (Å²) < 4.78 is 0. The number of benzene rings is 1. The smallest absolute Gasteiger partial charge is 0.242 e. The summed E-state index contributed by atoms with van der Waals surface area (Å²) in [6.07, 6.45) is 1.09. The Morgan fingerprint density at radius 3 is 3.00 bits per heavy atom. The van der Waals surface area contributed by atoms with Crippen LogP contribution in [0.15, 0.2) is 23.2 Å². The lowest BCUT2D eigenvalue weighted by Gasteiger charge is -2.19. The van der Waals surface area contributed by atoms with E-state index in [2.05, 4.69) is 10.3 Å². The third-order valence-electron chi connectivity index (χ3n) is 3.83. The Kier molecular flexibility index (Phi) is 4.20.